The highest BCUT2D eigenvalue weighted by molar-refractivity contribution is 5.94. The number of hydrogen-bond acceptors (Lipinski definition) is 5. The predicted molar refractivity (Wildman–Crippen MR) is 111 cm³/mol. The van der Waals surface area contributed by atoms with Crippen molar-refractivity contribution >= 4 is 17.5 Å². The molecule has 3 rings (SSSR count). The standard InChI is InChI=1S/C22H27N3O4/c1-16-4-7-18(8-5-16)23-21(26)14-25(3)22(27)15-24(2)13-17-6-9-19-20(12-17)29-11-10-28-19/h4-9,12H,10-11,13-15H2,1-3H3,(H,23,26). The van der Waals surface area contributed by atoms with Gasteiger partial charge in [-0.25, -0.2) is 0 Å². The van der Waals surface area contributed by atoms with Gasteiger partial charge in [-0.1, -0.05) is 23.8 Å². The topological polar surface area (TPSA) is 71.1 Å². The zero-order chi connectivity index (χ0) is 20.8. The number of nitrogens with one attached hydrogen (secondary N) is 1. The van der Waals surface area contributed by atoms with E-state index >= 15 is 0 Å². The summed E-state index contributed by atoms with van der Waals surface area (Å²) < 4.78 is 11.1. The van der Waals surface area contributed by atoms with Crippen LogP contribution < -0.4 is 14.8 Å². The fraction of sp³-hybridized carbons (Fsp3) is 0.364. The highest BCUT2D eigenvalue weighted by atomic mass is 16.6. The molecule has 29 heavy (non-hydrogen) atoms. The number of aryl methyl sites for hydroxylation is 1. The summed E-state index contributed by atoms with van der Waals surface area (Å²) in [5.41, 5.74) is 2.87. The van der Waals surface area contributed by atoms with Crippen LogP contribution in [0.5, 0.6) is 11.5 Å². The normalized spacial score (nSPS) is 12.6. The molecule has 0 fully saturated rings. The van der Waals surface area contributed by atoms with E-state index in [1.807, 2.05) is 61.3 Å². The molecule has 0 saturated heterocycles. The Kier molecular flexibility index (Phi) is 6.72. The number of amides is 2. The lowest BCUT2D eigenvalue weighted by atomic mass is 10.2. The molecule has 0 aliphatic carbocycles. The molecule has 0 aromatic heterocycles. The minimum atomic E-state index is -0.223. The quantitative estimate of drug-likeness (QED) is 0.776. The van der Waals surface area contributed by atoms with E-state index in [1.165, 1.54) is 4.90 Å². The lowest BCUT2D eigenvalue weighted by molar-refractivity contribution is -0.134. The fourth-order valence-corrected chi connectivity index (χ4v) is 3.05. The Morgan fingerprint density at radius 1 is 0.966 bits per heavy atom. The molecule has 0 atom stereocenters. The summed E-state index contributed by atoms with van der Waals surface area (Å²) in [6, 6.07) is 13.3. The molecule has 0 unspecified atom stereocenters. The lowest BCUT2D eigenvalue weighted by Crippen LogP contribution is -2.40. The number of fused-ring (bicyclic) bond motifs is 1. The second kappa shape index (κ2) is 9.43. The molecule has 2 amide bonds. The van der Waals surface area contributed by atoms with Crippen LogP contribution in [-0.2, 0) is 16.1 Å². The van der Waals surface area contributed by atoms with Crippen molar-refractivity contribution in [3.05, 3.63) is 53.6 Å². The summed E-state index contributed by atoms with van der Waals surface area (Å²) >= 11 is 0. The summed E-state index contributed by atoms with van der Waals surface area (Å²) in [5.74, 6) is 1.14. The van der Waals surface area contributed by atoms with E-state index in [9.17, 15) is 9.59 Å². The smallest absolute Gasteiger partial charge is 0.243 e. The van der Waals surface area contributed by atoms with Crippen LogP contribution in [0.3, 0.4) is 0 Å². The molecular weight excluding hydrogens is 370 g/mol. The molecule has 1 heterocycles. The van der Waals surface area contributed by atoms with Gasteiger partial charge in [0.05, 0.1) is 13.1 Å². The second-order valence-electron chi connectivity index (χ2n) is 7.31. The van der Waals surface area contributed by atoms with E-state index < -0.39 is 0 Å². The van der Waals surface area contributed by atoms with Crippen LogP contribution in [0, 0.1) is 6.92 Å². The molecule has 0 saturated carbocycles. The van der Waals surface area contributed by atoms with Gasteiger partial charge in [-0.2, -0.15) is 0 Å². The van der Waals surface area contributed by atoms with Crippen LogP contribution >= 0.6 is 0 Å². The number of nitrogens with zero attached hydrogens (tertiary/aromatic N) is 2. The Labute approximate surface area is 171 Å². The van der Waals surface area contributed by atoms with Crippen LogP contribution in [0.2, 0.25) is 0 Å². The maximum absolute atomic E-state index is 12.5. The van der Waals surface area contributed by atoms with E-state index in [2.05, 4.69) is 5.32 Å². The minimum Gasteiger partial charge on any atom is -0.486 e. The molecular formula is C22H27N3O4. The molecule has 154 valence electrons. The predicted octanol–water partition coefficient (Wildman–Crippen LogP) is 2.30. The number of carbonyl (C=O) groups is 2. The van der Waals surface area contributed by atoms with Gasteiger partial charge in [0.15, 0.2) is 11.5 Å². The molecule has 0 bridgehead atoms. The van der Waals surface area contributed by atoms with Crippen molar-refractivity contribution in [1.82, 2.24) is 9.80 Å². The van der Waals surface area contributed by atoms with Crippen molar-refractivity contribution in [2.45, 2.75) is 13.5 Å². The van der Waals surface area contributed by atoms with Gasteiger partial charge in [0.2, 0.25) is 11.8 Å². The Bertz CT molecular complexity index is 867. The molecule has 7 nitrogen and oxygen atoms in total. The summed E-state index contributed by atoms with van der Waals surface area (Å²) in [4.78, 5) is 28.0. The Balaban J connectivity index is 1.47. The number of rotatable bonds is 7. The SMILES string of the molecule is Cc1ccc(NC(=O)CN(C)C(=O)CN(C)Cc2ccc3c(c2)OCCO3)cc1. The number of hydrogen-bond donors (Lipinski definition) is 1. The van der Waals surface area contributed by atoms with Crippen LogP contribution in [-0.4, -0.2) is 62.0 Å². The van der Waals surface area contributed by atoms with Gasteiger partial charge < -0.3 is 19.7 Å². The van der Waals surface area contributed by atoms with Crippen LogP contribution in [0.15, 0.2) is 42.5 Å². The lowest BCUT2D eigenvalue weighted by Gasteiger charge is -2.23. The summed E-state index contributed by atoms with van der Waals surface area (Å²) in [5, 5.41) is 2.80. The summed E-state index contributed by atoms with van der Waals surface area (Å²) in [7, 11) is 3.50. The van der Waals surface area contributed by atoms with Crippen molar-refractivity contribution in [3.8, 4) is 11.5 Å². The number of benzene rings is 2. The summed E-state index contributed by atoms with van der Waals surface area (Å²) in [6.45, 7) is 3.89. The third-order valence-corrected chi connectivity index (χ3v) is 4.61. The largest absolute Gasteiger partial charge is 0.486 e. The van der Waals surface area contributed by atoms with E-state index in [0.29, 0.717) is 19.8 Å². The monoisotopic (exact) mass is 397 g/mol. The average Bonchev–Trinajstić information content (AvgIpc) is 2.69. The van der Waals surface area contributed by atoms with Crippen LogP contribution in [0.4, 0.5) is 5.69 Å². The zero-order valence-corrected chi connectivity index (χ0v) is 17.1. The van der Waals surface area contributed by atoms with Crippen molar-refractivity contribution in [3.63, 3.8) is 0 Å². The Hall–Kier alpha value is -3.06. The van der Waals surface area contributed by atoms with Crippen molar-refractivity contribution in [1.29, 1.82) is 0 Å². The number of ether oxygens (including phenoxy) is 2. The van der Waals surface area contributed by atoms with Gasteiger partial charge in [-0.3, -0.25) is 14.5 Å². The fourth-order valence-electron chi connectivity index (χ4n) is 3.05. The Morgan fingerprint density at radius 2 is 1.66 bits per heavy atom. The van der Waals surface area contributed by atoms with Gasteiger partial charge in [0, 0.05) is 19.3 Å². The molecule has 7 heteroatoms. The molecule has 1 aliphatic heterocycles. The Morgan fingerprint density at radius 3 is 2.38 bits per heavy atom. The molecule has 1 aliphatic rings. The summed E-state index contributed by atoms with van der Waals surface area (Å²) in [6.07, 6.45) is 0. The van der Waals surface area contributed by atoms with E-state index in [4.69, 9.17) is 9.47 Å². The van der Waals surface area contributed by atoms with Gasteiger partial charge in [0.25, 0.3) is 0 Å². The first kappa shape index (κ1) is 20.7. The molecule has 0 spiro atoms. The van der Waals surface area contributed by atoms with Crippen LogP contribution in [0.25, 0.3) is 0 Å². The first-order chi connectivity index (χ1) is 13.9. The first-order valence-electron chi connectivity index (χ1n) is 9.58. The third-order valence-electron chi connectivity index (χ3n) is 4.61. The highest BCUT2D eigenvalue weighted by Crippen LogP contribution is 2.31. The maximum atomic E-state index is 12.5. The molecule has 0 radical (unpaired) electrons. The highest BCUT2D eigenvalue weighted by Gasteiger charge is 2.17. The van der Waals surface area contributed by atoms with E-state index in [0.717, 1.165) is 28.3 Å². The van der Waals surface area contributed by atoms with Crippen molar-refractivity contribution < 1.29 is 19.1 Å². The minimum absolute atomic E-state index is 0.00454. The second-order valence-corrected chi connectivity index (χ2v) is 7.31. The number of carbonyl (C=O) groups excluding carboxylic acids is 2. The van der Waals surface area contributed by atoms with Crippen LogP contribution in [0.1, 0.15) is 11.1 Å². The first-order valence-corrected chi connectivity index (χ1v) is 9.58. The van der Waals surface area contributed by atoms with E-state index in [1.54, 1.807) is 7.05 Å². The van der Waals surface area contributed by atoms with Gasteiger partial charge in [-0.15, -0.1) is 0 Å². The van der Waals surface area contributed by atoms with Gasteiger partial charge in [-0.05, 0) is 43.8 Å². The number of anilines is 1. The van der Waals surface area contributed by atoms with Crippen molar-refractivity contribution in [2.24, 2.45) is 0 Å². The number of likely N-dealkylation sites (N-methyl/N-ethyl adjacent to an activating group) is 2. The molecule has 2 aromatic rings. The van der Waals surface area contributed by atoms with Gasteiger partial charge >= 0.3 is 0 Å². The molecule has 1 N–H and O–H groups in total. The van der Waals surface area contributed by atoms with Crippen molar-refractivity contribution in [2.75, 3.05) is 45.7 Å². The molecule has 2 aromatic carbocycles. The van der Waals surface area contributed by atoms with E-state index in [-0.39, 0.29) is 24.9 Å². The maximum Gasteiger partial charge on any atom is 0.243 e. The average molecular weight is 397 g/mol. The zero-order valence-electron chi connectivity index (χ0n) is 17.1. The third kappa shape index (κ3) is 5.96. The van der Waals surface area contributed by atoms with Gasteiger partial charge in [0.1, 0.15) is 13.2 Å².